The minimum atomic E-state index is -0.462. The molecule has 3 unspecified atom stereocenters. The van der Waals surface area contributed by atoms with Crippen LogP contribution in [0.25, 0.3) is 10.2 Å². The summed E-state index contributed by atoms with van der Waals surface area (Å²) in [4.78, 5) is 4.66. The minimum absolute atomic E-state index is 0.462. The lowest BCUT2D eigenvalue weighted by Gasteiger charge is -2.31. The van der Waals surface area contributed by atoms with Crippen LogP contribution in [0.15, 0.2) is 24.3 Å². The quantitative estimate of drug-likeness (QED) is 0.896. The molecule has 1 aromatic carbocycles. The normalized spacial score (nSPS) is 34.5. The van der Waals surface area contributed by atoms with Gasteiger partial charge in [-0.1, -0.05) is 18.6 Å². The number of para-hydroxylation sites is 1. The second kappa shape index (κ2) is 3.78. The number of aliphatic hydroxyl groups is 1. The first-order valence-electron chi connectivity index (χ1n) is 6.81. The Balaban J connectivity index is 1.63. The predicted octanol–water partition coefficient (Wildman–Crippen LogP) is 3.39. The summed E-state index contributed by atoms with van der Waals surface area (Å²) in [5.41, 5.74) is 0.612. The van der Waals surface area contributed by atoms with E-state index in [9.17, 15) is 5.11 Å². The Bertz CT molecular complexity index is 560. The van der Waals surface area contributed by atoms with Crippen LogP contribution < -0.4 is 0 Å². The molecular weight excluding hydrogens is 242 g/mol. The molecule has 2 saturated carbocycles. The summed E-state index contributed by atoms with van der Waals surface area (Å²) in [5.74, 6) is 1.36. The zero-order chi connectivity index (χ0) is 12.2. The first kappa shape index (κ1) is 10.9. The van der Waals surface area contributed by atoms with Crippen LogP contribution in [0.4, 0.5) is 0 Å². The van der Waals surface area contributed by atoms with E-state index in [0.29, 0.717) is 5.92 Å². The molecule has 2 nitrogen and oxygen atoms in total. The van der Waals surface area contributed by atoms with Gasteiger partial charge in [0.25, 0.3) is 0 Å². The fraction of sp³-hybridized carbons (Fsp3) is 0.533. The van der Waals surface area contributed by atoms with Crippen LogP contribution >= 0.6 is 11.3 Å². The molecule has 0 bridgehead atoms. The number of hydrogen-bond donors (Lipinski definition) is 1. The molecule has 3 heteroatoms. The Morgan fingerprint density at radius 2 is 2.28 bits per heavy atom. The van der Waals surface area contributed by atoms with Crippen molar-refractivity contribution in [2.24, 2.45) is 11.8 Å². The number of fused-ring (bicyclic) bond motifs is 2. The summed E-state index contributed by atoms with van der Waals surface area (Å²) >= 11 is 1.74. The lowest BCUT2D eigenvalue weighted by molar-refractivity contribution is -0.0103. The van der Waals surface area contributed by atoms with E-state index >= 15 is 0 Å². The number of thiazole rings is 1. The lowest BCUT2D eigenvalue weighted by Crippen LogP contribution is -2.37. The zero-order valence-electron chi connectivity index (χ0n) is 10.3. The molecule has 3 atom stereocenters. The van der Waals surface area contributed by atoms with Crippen molar-refractivity contribution < 1.29 is 5.11 Å². The zero-order valence-corrected chi connectivity index (χ0v) is 11.1. The van der Waals surface area contributed by atoms with E-state index in [1.807, 2.05) is 6.07 Å². The highest BCUT2D eigenvalue weighted by Crippen LogP contribution is 2.55. The third-order valence-corrected chi connectivity index (χ3v) is 5.63. The molecule has 18 heavy (non-hydrogen) atoms. The van der Waals surface area contributed by atoms with E-state index in [1.165, 1.54) is 24.0 Å². The van der Waals surface area contributed by atoms with Crippen molar-refractivity contribution in [1.29, 1.82) is 0 Å². The monoisotopic (exact) mass is 259 g/mol. The number of nitrogens with zero attached hydrogens (tertiary/aromatic N) is 1. The maximum absolute atomic E-state index is 10.8. The third kappa shape index (κ3) is 1.69. The van der Waals surface area contributed by atoms with Gasteiger partial charge in [-0.15, -0.1) is 11.3 Å². The Morgan fingerprint density at radius 1 is 1.39 bits per heavy atom. The van der Waals surface area contributed by atoms with Crippen molar-refractivity contribution in [3.05, 3.63) is 29.3 Å². The van der Waals surface area contributed by atoms with E-state index in [2.05, 4.69) is 23.2 Å². The predicted molar refractivity (Wildman–Crippen MR) is 73.7 cm³/mol. The van der Waals surface area contributed by atoms with Crippen LogP contribution in [0, 0.1) is 11.8 Å². The Hall–Kier alpha value is -0.930. The number of aromatic nitrogens is 1. The minimum Gasteiger partial charge on any atom is -0.389 e. The Morgan fingerprint density at radius 3 is 3.17 bits per heavy atom. The maximum atomic E-state index is 10.8. The Labute approximate surface area is 111 Å². The van der Waals surface area contributed by atoms with Gasteiger partial charge in [0.15, 0.2) is 0 Å². The molecule has 2 aromatic rings. The van der Waals surface area contributed by atoms with Crippen LogP contribution in [-0.4, -0.2) is 15.7 Å². The van der Waals surface area contributed by atoms with Gasteiger partial charge in [0, 0.05) is 6.42 Å². The number of rotatable bonds is 2. The smallest absolute Gasteiger partial charge is 0.0967 e. The van der Waals surface area contributed by atoms with Gasteiger partial charge in [-0.05, 0) is 43.2 Å². The molecule has 1 aromatic heterocycles. The summed E-state index contributed by atoms with van der Waals surface area (Å²) < 4.78 is 1.24. The molecule has 2 aliphatic carbocycles. The van der Waals surface area contributed by atoms with Crippen LogP contribution in [0.1, 0.15) is 30.7 Å². The van der Waals surface area contributed by atoms with E-state index in [4.69, 9.17) is 0 Å². The summed E-state index contributed by atoms with van der Waals surface area (Å²) in [5, 5.41) is 11.9. The summed E-state index contributed by atoms with van der Waals surface area (Å²) in [7, 11) is 0. The topological polar surface area (TPSA) is 33.1 Å². The van der Waals surface area contributed by atoms with Crippen molar-refractivity contribution in [2.45, 2.75) is 37.7 Å². The highest BCUT2D eigenvalue weighted by Gasteiger charge is 2.54. The van der Waals surface area contributed by atoms with Crippen molar-refractivity contribution in [2.75, 3.05) is 0 Å². The third-order valence-electron chi connectivity index (χ3n) is 4.59. The summed E-state index contributed by atoms with van der Waals surface area (Å²) in [6, 6.07) is 8.25. The van der Waals surface area contributed by atoms with Gasteiger partial charge in [0.2, 0.25) is 0 Å². The van der Waals surface area contributed by atoms with Gasteiger partial charge in [-0.25, -0.2) is 4.98 Å². The maximum Gasteiger partial charge on any atom is 0.0967 e. The van der Waals surface area contributed by atoms with Crippen molar-refractivity contribution in [3.63, 3.8) is 0 Å². The molecule has 2 aliphatic rings. The number of benzene rings is 1. The van der Waals surface area contributed by atoms with Gasteiger partial charge in [0.1, 0.15) is 0 Å². The largest absolute Gasteiger partial charge is 0.389 e. The molecule has 4 rings (SSSR count). The highest BCUT2D eigenvalue weighted by molar-refractivity contribution is 7.18. The number of hydrogen-bond acceptors (Lipinski definition) is 3. The second-order valence-electron chi connectivity index (χ2n) is 5.85. The summed E-state index contributed by atoms with van der Waals surface area (Å²) in [6.07, 6.45) is 5.47. The second-order valence-corrected chi connectivity index (χ2v) is 6.97. The average Bonchev–Trinajstić information content (AvgIpc) is 3.04. The summed E-state index contributed by atoms with van der Waals surface area (Å²) in [6.45, 7) is 0. The van der Waals surface area contributed by atoms with Crippen molar-refractivity contribution >= 4 is 21.6 Å². The molecule has 0 saturated heterocycles. The van der Waals surface area contributed by atoms with Crippen molar-refractivity contribution in [1.82, 2.24) is 4.98 Å². The van der Waals surface area contributed by atoms with Gasteiger partial charge >= 0.3 is 0 Å². The van der Waals surface area contributed by atoms with Gasteiger partial charge in [-0.2, -0.15) is 0 Å². The first-order valence-corrected chi connectivity index (χ1v) is 7.63. The van der Waals surface area contributed by atoms with Crippen LogP contribution in [-0.2, 0) is 6.42 Å². The molecule has 1 heterocycles. The fourth-order valence-electron chi connectivity index (χ4n) is 3.56. The van der Waals surface area contributed by atoms with Gasteiger partial charge in [-0.3, -0.25) is 0 Å². The van der Waals surface area contributed by atoms with Crippen LogP contribution in [0.5, 0.6) is 0 Å². The van der Waals surface area contributed by atoms with Crippen molar-refractivity contribution in [3.8, 4) is 0 Å². The molecule has 2 fully saturated rings. The van der Waals surface area contributed by atoms with E-state index in [1.54, 1.807) is 11.3 Å². The van der Waals surface area contributed by atoms with Gasteiger partial charge in [0.05, 0.1) is 20.8 Å². The first-order chi connectivity index (χ1) is 8.74. The van der Waals surface area contributed by atoms with Gasteiger partial charge < -0.3 is 5.11 Å². The SMILES string of the molecule is OC1(Cc2nc3ccccc3s2)CCCC2CC21. The van der Waals surface area contributed by atoms with E-state index in [0.717, 1.165) is 29.3 Å². The molecular formula is C15H17NOS. The Kier molecular flexibility index (Phi) is 2.30. The molecule has 0 aliphatic heterocycles. The molecule has 94 valence electrons. The highest BCUT2D eigenvalue weighted by atomic mass is 32.1. The average molecular weight is 259 g/mol. The fourth-order valence-corrected chi connectivity index (χ4v) is 4.64. The molecule has 0 radical (unpaired) electrons. The molecule has 0 amide bonds. The van der Waals surface area contributed by atoms with Crippen LogP contribution in [0.3, 0.4) is 0 Å². The van der Waals surface area contributed by atoms with E-state index in [-0.39, 0.29) is 0 Å². The van der Waals surface area contributed by atoms with E-state index < -0.39 is 5.60 Å². The molecule has 1 N–H and O–H groups in total. The standard InChI is InChI=1S/C15H17NOS/c17-15(7-3-4-10-8-11(10)15)9-14-16-12-5-1-2-6-13(12)18-14/h1-2,5-6,10-11,17H,3-4,7-9H2. The lowest BCUT2D eigenvalue weighted by atomic mass is 9.82. The molecule has 0 spiro atoms. The van der Waals surface area contributed by atoms with Crippen LogP contribution in [0.2, 0.25) is 0 Å².